The number of ether oxygens (including phenoxy) is 2. The Morgan fingerprint density at radius 1 is 0.830 bits per heavy atom. The predicted octanol–water partition coefficient (Wildman–Crippen LogP) is 4.24. The Morgan fingerprint density at radius 3 is 2.06 bits per heavy atom. The fourth-order valence-corrected chi connectivity index (χ4v) is 6.14. The molecular formula is C37H44N4O6. The Hall–Kier alpha value is -4.54. The second kappa shape index (κ2) is 16.3. The molecule has 0 atom stereocenters. The molecule has 1 aliphatic heterocycles. The Balaban J connectivity index is 1.17. The van der Waals surface area contributed by atoms with Gasteiger partial charge < -0.3 is 19.3 Å². The zero-order valence-corrected chi connectivity index (χ0v) is 27.3. The molecule has 1 aliphatic rings. The topological polar surface area (TPSA) is 103 Å². The smallest absolute Gasteiger partial charge is 0.331 e. The summed E-state index contributed by atoms with van der Waals surface area (Å²) in [6.07, 6.45) is 3.58. The van der Waals surface area contributed by atoms with E-state index >= 15 is 0 Å². The summed E-state index contributed by atoms with van der Waals surface area (Å²) in [7, 11) is 1.45. The number of carbonyl (C=O) groups excluding carboxylic acids is 2. The van der Waals surface area contributed by atoms with Crippen molar-refractivity contribution in [3.63, 3.8) is 0 Å². The van der Waals surface area contributed by atoms with E-state index in [9.17, 15) is 19.2 Å². The number of piperidine rings is 1. The molecular weight excluding hydrogens is 596 g/mol. The summed E-state index contributed by atoms with van der Waals surface area (Å²) in [5.41, 5.74) is 1.81. The van der Waals surface area contributed by atoms with Crippen LogP contribution in [-0.4, -0.2) is 76.7 Å². The molecule has 10 nitrogen and oxygen atoms in total. The first-order chi connectivity index (χ1) is 22.9. The highest BCUT2D eigenvalue weighted by atomic mass is 16.5. The number of esters is 1. The minimum absolute atomic E-state index is 0.0985. The van der Waals surface area contributed by atoms with Crippen LogP contribution in [0.15, 0.2) is 94.5 Å². The van der Waals surface area contributed by atoms with Gasteiger partial charge in [0.1, 0.15) is 19.2 Å². The first-order valence-electron chi connectivity index (χ1n) is 16.5. The average molecular weight is 641 g/mol. The number of likely N-dealkylation sites (tertiary alicyclic amines) is 1. The number of unbranched alkanes of at least 4 members (excludes halogenated alkanes) is 1. The lowest BCUT2D eigenvalue weighted by Crippen LogP contribution is -2.45. The number of hydrogen-bond donors (Lipinski definition) is 0. The molecule has 1 amide bonds. The van der Waals surface area contributed by atoms with Crippen LogP contribution in [-0.2, 0) is 32.2 Å². The van der Waals surface area contributed by atoms with E-state index < -0.39 is 29.7 Å². The normalized spacial score (nSPS) is 14.0. The van der Waals surface area contributed by atoms with Crippen molar-refractivity contribution in [2.24, 2.45) is 0 Å². The van der Waals surface area contributed by atoms with Crippen LogP contribution >= 0.6 is 0 Å². The number of amides is 1. The van der Waals surface area contributed by atoms with Crippen molar-refractivity contribution in [3.05, 3.63) is 117 Å². The van der Waals surface area contributed by atoms with Gasteiger partial charge in [-0.25, -0.2) is 4.79 Å². The standard InChI is InChI=1S/C37H44N4O6/c1-3-46-34(43)27-38(2)33(42)26-41-36(44)31-18-10-11-19-32(31)40(37(41)45)23-13-12-22-39-24-20-30(21-25-39)47-35(28-14-6-4-7-15-28)29-16-8-5-9-17-29/h4-11,14-19,30,35H,3,12-13,20-27H2,1-2H3. The van der Waals surface area contributed by atoms with Gasteiger partial charge in [0.25, 0.3) is 5.56 Å². The number of carbonyl (C=O) groups is 2. The van der Waals surface area contributed by atoms with E-state index in [2.05, 4.69) is 53.4 Å². The van der Waals surface area contributed by atoms with E-state index in [0.717, 1.165) is 61.0 Å². The van der Waals surface area contributed by atoms with Crippen molar-refractivity contribution >= 4 is 22.8 Å². The molecule has 0 spiro atoms. The maximum Gasteiger partial charge on any atom is 0.331 e. The highest BCUT2D eigenvalue weighted by Gasteiger charge is 2.25. The van der Waals surface area contributed by atoms with Gasteiger partial charge in [0.05, 0.1) is 23.6 Å². The monoisotopic (exact) mass is 640 g/mol. The van der Waals surface area contributed by atoms with Gasteiger partial charge >= 0.3 is 11.7 Å². The molecule has 3 aromatic carbocycles. The summed E-state index contributed by atoms with van der Waals surface area (Å²) < 4.78 is 14.2. The number of hydrogen-bond acceptors (Lipinski definition) is 7. The molecule has 0 bridgehead atoms. The van der Waals surface area contributed by atoms with Crippen LogP contribution in [0, 0.1) is 0 Å². The second-order valence-electron chi connectivity index (χ2n) is 12.0. The van der Waals surface area contributed by atoms with E-state index in [0.29, 0.717) is 17.4 Å². The van der Waals surface area contributed by atoms with Crippen molar-refractivity contribution < 1.29 is 19.1 Å². The minimum Gasteiger partial charge on any atom is -0.465 e. The molecule has 5 rings (SSSR count). The zero-order valence-electron chi connectivity index (χ0n) is 27.3. The van der Waals surface area contributed by atoms with Crippen LogP contribution in [0.5, 0.6) is 0 Å². The lowest BCUT2D eigenvalue weighted by Gasteiger charge is -2.34. The van der Waals surface area contributed by atoms with Crippen molar-refractivity contribution in [2.75, 3.05) is 39.8 Å². The van der Waals surface area contributed by atoms with Crippen LogP contribution in [0.1, 0.15) is 49.8 Å². The van der Waals surface area contributed by atoms with Crippen molar-refractivity contribution in [2.45, 2.75) is 57.9 Å². The third-order valence-electron chi connectivity index (χ3n) is 8.70. The lowest BCUT2D eigenvalue weighted by atomic mass is 10.00. The summed E-state index contributed by atoms with van der Waals surface area (Å²) in [6, 6.07) is 27.7. The number of nitrogens with zero attached hydrogens (tertiary/aromatic N) is 4. The SMILES string of the molecule is CCOC(=O)CN(C)C(=O)Cn1c(=O)c2ccccc2n(CCCCN2CCC(OC(c3ccccc3)c3ccccc3)CC2)c1=O. The zero-order chi connectivity index (χ0) is 33.2. The van der Waals surface area contributed by atoms with Gasteiger partial charge in [-0.3, -0.25) is 23.5 Å². The number of aryl methyl sites for hydroxylation is 1. The molecule has 10 heteroatoms. The highest BCUT2D eigenvalue weighted by Crippen LogP contribution is 2.30. The van der Waals surface area contributed by atoms with Gasteiger partial charge in [0, 0.05) is 26.7 Å². The fraction of sp³-hybridized carbons (Fsp3) is 0.405. The number of aromatic nitrogens is 2. The Labute approximate surface area is 275 Å². The summed E-state index contributed by atoms with van der Waals surface area (Å²) >= 11 is 0. The number of benzene rings is 3. The molecule has 0 saturated carbocycles. The molecule has 47 heavy (non-hydrogen) atoms. The second-order valence-corrected chi connectivity index (χ2v) is 12.0. The maximum atomic E-state index is 13.6. The Morgan fingerprint density at radius 2 is 1.43 bits per heavy atom. The minimum atomic E-state index is -0.549. The van der Waals surface area contributed by atoms with Gasteiger partial charge in [0.2, 0.25) is 5.91 Å². The van der Waals surface area contributed by atoms with E-state index in [-0.39, 0.29) is 25.4 Å². The van der Waals surface area contributed by atoms with Crippen LogP contribution < -0.4 is 11.2 Å². The molecule has 248 valence electrons. The molecule has 2 heterocycles. The van der Waals surface area contributed by atoms with Crippen LogP contribution in [0.2, 0.25) is 0 Å². The van der Waals surface area contributed by atoms with Crippen LogP contribution in [0.25, 0.3) is 10.9 Å². The number of para-hydroxylation sites is 1. The molecule has 0 radical (unpaired) electrons. The third-order valence-corrected chi connectivity index (χ3v) is 8.70. The van der Waals surface area contributed by atoms with Gasteiger partial charge in [-0.2, -0.15) is 0 Å². The fourth-order valence-electron chi connectivity index (χ4n) is 6.14. The van der Waals surface area contributed by atoms with Crippen molar-refractivity contribution in [3.8, 4) is 0 Å². The summed E-state index contributed by atoms with van der Waals surface area (Å²) in [5.74, 6) is -1.07. The molecule has 1 aromatic heterocycles. The molecule has 0 unspecified atom stereocenters. The van der Waals surface area contributed by atoms with E-state index in [1.165, 1.54) is 11.9 Å². The Bertz CT molecular complexity index is 1710. The van der Waals surface area contributed by atoms with E-state index in [1.807, 2.05) is 12.1 Å². The van der Waals surface area contributed by atoms with Crippen molar-refractivity contribution in [1.29, 1.82) is 0 Å². The quantitative estimate of drug-likeness (QED) is 0.150. The third kappa shape index (κ3) is 8.64. The highest BCUT2D eigenvalue weighted by molar-refractivity contribution is 5.82. The number of likely N-dealkylation sites (N-methyl/N-ethyl adjacent to an activating group) is 1. The molecule has 4 aromatic rings. The predicted molar refractivity (Wildman–Crippen MR) is 181 cm³/mol. The van der Waals surface area contributed by atoms with Crippen LogP contribution in [0.3, 0.4) is 0 Å². The lowest BCUT2D eigenvalue weighted by molar-refractivity contribution is -0.148. The molecule has 1 fully saturated rings. The number of rotatable bonds is 14. The van der Waals surface area contributed by atoms with Crippen molar-refractivity contribution in [1.82, 2.24) is 18.9 Å². The largest absolute Gasteiger partial charge is 0.465 e. The average Bonchev–Trinajstić information content (AvgIpc) is 3.10. The molecule has 1 saturated heterocycles. The van der Waals surface area contributed by atoms with Crippen LogP contribution in [0.4, 0.5) is 0 Å². The maximum absolute atomic E-state index is 13.6. The number of fused-ring (bicyclic) bond motifs is 1. The molecule has 0 N–H and O–H groups in total. The van der Waals surface area contributed by atoms with Gasteiger partial charge in [-0.15, -0.1) is 0 Å². The van der Waals surface area contributed by atoms with Gasteiger partial charge in [-0.05, 0) is 62.4 Å². The first-order valence-corrected chi connectivity index (χ1v) is 16.5. The first kappa shape index (κ1) is 33.8. The van der Waals surface area contributed by atoms with Gasteiger partial charge in [-0.1, -0.05) is 72.8 Å². The van der Waals surface area contributed by atoms with E-state index in [1.54, 1.807) is 35.8 Å². The summed E-state index contributed by atoms with van der Waals surface area (Å²) in [4.78, 5) is 55.1. The Kier molecular flexibility index (Phi) is 11.8. The molecule has 0 aliphatic carbocycles. The summed E-state index contributed by atoms with van der Waals surface area (Å²) in [6.45, 7) is 4.37. The van der Waals surface area contributed by atoms with E-state index in [4.69, 9.17) is 9.47 Å². The van der Waals surface area contributed by atoms with Gasteiger partial charge in [0.15, 0.2) is 0 Å². The summed E-state index contributed by atoms with van der Waals surface area (Å²) in [5, 5.41) is 0.374.